The number of carboxylic acids is 1. The second-order valence-electron chi connectivity index (χ2n) is 5.62. The summed E-state index contributed by atoms with van der Waals surface area (Å²) in [6.07, 6.45) is 1.43. The topological polar surface area (TPSA) is 81.7 Å². The van der Waals surface area contributed by atoms with Gasteiger partial charge in [0.25, 0.3) is 0 Å². The number of carboxylic acid groups (broad SMARTS) is 1. The summed E-state index contributed by atoms with van der Waals surface area (Å²) in [4.78, 5) is 24.5. The smallest absolute Gasteiger partial charge is 0.315 e. The molecule has 1 saturated heterocycles. The molecule has 2 amide bonds. The Morgan fingerprint density at radius 1 is 1.44 bits per heavy atom. The molecule has 0 saturated carbocycles. The molecule has 0 aromatic carbocycles. The van der Waals surface area contributed by atoms with Crippen molar-refractivity contribution in [3.63, 3.8) is 0 Å². The Bertz CT molecular complexity index is 318. The SMILES string of the molecule is CN1CCC(NC(=O)NC(C)(C)CCC(=O)O)C1. The Balaban J connectivity index is 2.32. The lowest BCUT2D eigenvalue weighted by Crippen LogP contribution is -2.51. The lowest BCUT2D eigenvalue weighted by molar-refractivity contribution is -0.137. The number of carbonyl (C=O) groups excluding carboxylic acids is 1. The maximum absolute atomic E-state index is 11.8. The van der Waals surface area contributed by atoms with Crippen molar-refractivity contribution in [2.45, 2.75) is 44.7 Å². The number of amides is 2. The lowest BCUT2D eigenvalue weighted by atomic mass is 9.99. The third-order valence-corrected chi connectivity index (χ3v) is 3.14. The molecule has 3 N–H and O–H groups in total. The summed E-state index contributed by atoms with van der Waals surface area (Å²) < 4.78 is 0. The van der Waals surface area contributed by atoms with Gasteiger partial charge in [0.15, 0.2) is 0 Å². The number of nitrogens with zero attached hydrogens (tertiary/aromatic N) is 1. The second kappa shape index (κ2) is 6.04. The molecular weight excluding hydrogens is 234 g/mol. The molecule has 1 aliphatic heterocycles. The van der Waals surface area contributed by atoms with Crippen molar-refractivity contribution in [2.75, 3.05) is 20.1 Å². The van der Waals surface area contributed by atoms with Crippen LogP contribution in [-0.2, 0) is 4.79 Å². The van der Waals surface area contributed by atoms with Gasteiger partial charge in [-0.3, -0.25) is 4.79 Å². The summed E-state index contributed by atoms with van der Waals surface area (Å²) in [6.45, 7) is 5.52. The minimum atomic E-state index is -0.845. The summed E-state index contributed by atoms with van der Waals surface area (Å²) in [6, 6.07) is -0.0315. The van der Waals surface area contributed by atoms with Crippen molar-refractivity contribution in [3.05, 3.63) is 0 Å². The van der Waals surface area contributed by atoms with Gasteiger partial charge in [0.2, 0.25) is 0 Å². The molecule has 0 spiro atoms. The maximum Gasteiger partial charge on any atom is 0.315 e. The van der Waals surface area contributed by atoms with Crippen LogP contribution in [0.2, 0.25) is 0 Å². The largest absolute Gasteiger partial charge is 0.481 e. The number of urea groups is 1. The summed E-state index contributed by atoms with van der Waals surface area (Å²) in [5.74, 6) is -0.845. The van der Waals surface area contributed by atoms with Gasteiger partial charge in [0.1, 0.15) is 0 Å². The normalized spacial score (nSPS) is 20.7. The van der Waals surface area contributed by atoms with E-state index in [-0.39, 0.29) is 18.5 Å². The molecule has 18 heavy (non-hydrogen) atoms. The molecule has 1 heterocycles. The van der Waals surface area contributed by atoms with Crippen molar-refractivity contribution in [1.82, 2.24) is 15.5 Å². The molecule has 0 aromatic heterocycles. The van der Waals surface area contributed by atoms with E-state index in [0.717, 1.165) is 19.5 Å². The fourth-order valence-corrected chi connectivity index (χ4v) is 2.06. The molecule has 0 radical (unpaired) electrons. The number of hydrogen-bond acceptors (Lipinski definition) is 3. The summed E-state index contributed by atoms with van der Waals surface area (Å²) >= 11 is 0. The van der Waals surface area contributed by atoms with E-state index in [2.05, 4.69) is 15.5 Å². The van der Waals surface area contributed by atoms with Crippen LogP contribution < -0.4 is 10.6 Å². The van der Waals surface area contributed by atoms with E-state index in [1.54, 1.807) is 0 Å². The second-order valence-corrected chi connectivity index (χ2v) is 5.62. The minimum Gasteiger partial charge on any atom is -0.481 e. The number of likely N-dealkylation sites (tertiary alicyclic amines) is 1. The van der Waals surface area contributed by atoms with Crippen LogP contribution in [0.1, 0.15) is 33.1 Å². The molecule has 1 unspecified atom stereocenters. The number of carbonyl (C=O) groups is 2. The van der Waals surface area contributed by atoms with Crippen LogP contribution in [0.15, 0.2) is 0 Å². The molecule has 0 aromatic rings. The van der Waals surface area contributed by atoms with Crippen LogP contribution in [0.4, 0.5) is 4.79 Å². The van der Waals surface area contributed by atoms with E-state index >= 15 is 0 Å². The number of rotatable bonds is 5. The molecule has 1 aliphatic rings. The average molecular weight is 257 g/mol. The first-order valence-corrected chi connectivity index (χ1v) is 6.27. The van der Waals surface area contributed by atoms with E-state index in [1.807, 2.05) is 20.9 Å². The fraction of sp³-hybridized carbons (Fsp3) is 0.833. The van der Waals surface area contributed by atoms with Gasteiger partial charge in [-0.15, -0.1) is 0 Å². The molecule has 1 fully saturated rings. The Morgan fingerprint density at radius 3 is 2.61 bits per heavy atom. The van der Waals surface area contributed by atoms with E-state index < -0.39 is 11.5 Å². The molecule has 6 nitrogen and oxygen atoms in total. The zero-order valence-corrected chi connectivity index (χ0v) is 11.3. The van der Waals surface area contributed by atoms with Crippen LogP contribution >= 0.6 is 0 Å². The Morgan fingerprint density at radius 2 is 2.11 bits per heavy atom. The van der Waals surface area contributed by atoms with Gasteiger partial charge in [-0.1, -0.05) is 0 Å². The number of aliphatic carboxylic acids is 1. The number of nitrogens with one attached hydrogen (secondary N) is 2. The number of likely N-dealkylation sites (N-methyl/N-ethyl adjacent to an activating group) is 1. The van der Waals surface area contributed by atoms with Gasteiger partial charge in [0, 0.05) is 24.5 Å². The molecule has 0 aliphatic carbocycles. The first-order valence-electron chi connectivity index (χ1n) is 6.27. The molecule has 6 heteroatoms. The minimum absolute atomic E-state index is 0.0550. The van der Waals surface area contributed by atoms with Crippen LogP contribution in [0.5, 0.6) is 0 Å². The third kappa shape index (κ3) is 5.35. The highest BCUT2D eigenvalue weighted by Gasteiger charge is 2.25. The van der Waals surface area contributed by atoms with Gasteiger partial charge < -0.3 is 20.6 Å². The zero-order chi connectivity index (χ0) is 13.8. The van der Waals surface area contributed by atoms with Gasteiger partial charge in [-0.2, -0.15) is 0 Å². The van der Waals surface area contributed by atoms with Crippen LogP contribution in [-0.4, -0.2) is 53.7 Å². The summed E-state index contributed by atoms with van der Waals surface area (Å²) in [5, 5.41) is 14.4. The predicted molar refractivity (Wildman–Crippen MR) is 68.5 cm³/mol. The summed E-state index contributed by atoms with van der Waals surface area (Å²) in [5.41, 5.74) is -0.507. The van der Waals surface area contributed by atoms with Crippen molar-refractivity contribution in [2.24, 2.45) is 0 Å². The first-order chi connectivity index (χ1) is 8.28. The fourth-order valence-electron chi connectivity index (χ4n) is 2.06. The van der Waals surface area contributed by atoms with Crippen LogP contribution in [0.25, 0.3) is 0 Å². The Labute approximate surface area is 108 Å². The van der Waals surface area contributed by atoms with Gasteiger partial charge in [-0.05, 0) is 40.3 Å². The van der Waals surface area contributed by atoms with E-state index in [9.17, 15) is 9.59 Å². The van der Waals surface area contributed by atoms with Crippen molar-refractivity contribution in [1.29, 1.82) is 0 Å². The standard InChI is InChI=1S/C12H23N3O3/c1-12(2,6-4-10(16)17)14-11(18)13-9-5-7-15(3)8-9/h9H,4-8H2,1-3H3,(H,16,17)(H2,13,14,18). The molecule has 0 bridgehead atoms. The van der Waals surface area contributed by atoms with E-state index in [0.29, 0.717) is 6.42 Å². The van der Waals surface area contributed by atoms with E-state index in [4.69, 9.17) is 5.11 Å². The Kier molecular flexibility index (Phi) is 4.95. The third-order valence-electron chi connectivity index (χ3n) is 3.14. The highest BCUT2D eigenvalue weighted by atomic mass is 16.4. The first kappa shape index (κ1) is 14.8. The number of hydrogen-bond donors (Lipinski definition) is 3. The Hall–Kier alpha value is -1.30. The molecule has 1 rings (SSSR count). The van der Waals surface area contributed by atoms with Gasteiger partial charge in [0.05, 0.1) is 0 Å². The van der Waals surface area contributed by atoms with Crippen molar-refractivity contribution < 1.29 is 14.7 Å². The highest BCUT2D eigenvalue weighted by Crippen LogP contribution is 2.11. The predicted octanol–water partition coefficient (Wildman–Crippen LogP) is 0.633. The van der Waals surface area contributed by atoms with Gasteiger partial charge >= 0.3 is 12.0 Å². The van der Waals surface area contributed by atoms with Crippen LogP contribution in [0, 0.1) is 0 Å². The van der Waals surface area contributed by atoms with Crippen molar-refractivity contribution in [3.8, 4) is 0 Å². The zero-order valence-electron chi connectivity index (χ0n) is 11.3. The van der Waals surface area contributed by atoms with Crippen LogP contribution in [0.3, 0.4) is 0 Å². The molecule has 1 atom stereocenters. The quantitative estimate of drug-likeness (QED) is 0.675. The summed E-state index contributed by atoms with van der Waals surface area (Å²) in [7, 11) is 2.02. The van der Waals surface area contributed by atoms with Gasteiger partial charge in [-0.25, -0.2) is 4.79 Å². The monoisotopic (exact) mass is 257 g/mol. The maximum atomic E-state index is 11.8. The highest BCUT2D eigenvalue weighted by molar-refractivity contribution is 5.75. The average Bonchev–Trinajstić information content (AvgIpc) is 2.60. The lowest BCUT2D eigenvalue weighted by Gasteiger charge is -2.26. The molecular formula is C12H23N3O3. The molecule has 104 valence electrons. The van der Waals surface area contributed by atoms with E-state index in [1.165, 1.54) is 0 Å². The van der Waals surface area contributed by atoms with Crippen molar-refractivity contribution >= 4 is 12.0 Å².